The van der Waals surface area contributed by atoms with Gasteiger partial charge in [0.2, 0.25) is 0 Å². The minimum absolute atomic E-state index is 0.0209. The second kappa shape index (κ2) is 6.12. The minimum atomic E-state index is -3.06. The number of benzene rings is 3. The Morgan fingerprint density at radius 3 is 2.47 bits per heavy atom. The lowest BCUT2D eigenvalue weighted by Crippen LogP contribution is -2.13. The number of anilines is 1. The van der Waals surface area contributed by atoms with Gasteiger partial charge in [0.1, 0.15) is 5.82 Å². The van der Waals surface area contributed by atoms with Crippen LogP contribution in [0.25, 0.3) is 33.3 Å². The highest BCUT2D eigenvalue weighted by Crippen LogP contribution is 2.52. The van der Waals surface area contributed by atoms with Crippen LogP contribution in [0.2, 0.25) is 0 Å². The number of nitrogen functional groups attached to an aromatic ring is 1. The van der Waals surface area contributed by atoms with E-state index in [4.69, 9.17) is 10.7 Å². The lowest BCUT2D eigenvalue weighted by molar-refractivity contribution is 0.0481. The first-order valence-corrected chi connectivity index (χ1v) is 10.2. The van der Waals surface area contributed by atoms with Crippen LogP contribution in [-0.2, 0) is 5.92 Å². The highest BCUT2D eigenvalue weighted by molar-refractivity contribution is 5.86. The molecule has 1 atom stereocenters. The van der Waals surface area contributed by atoms with Crippen molar-refractivity contribution in [3.63, 3.8) is 0 Å². The van der Waals surface area contributed by atoms with E-state index < -0.39 is 5.92 Å². The molecule has 1 aliphatic heterocycles. The highest BCUT2D eigenvalue weighted by Gasteiger charge is 2.44. The Balaban J connectivity index is 1.43. The smallest absolute Gasteiger partial charge is 0.299 e. The molecule has 0 amide bonds. The summed E-state index contributed by atoms with van der Waals surface area (Å²) in [4.78, 5) is 8.10. The third-order valence-electron chi connectivity index (χ3n) is 6.25. The number of fused-ring (bicyclic) bond motifs is 4. The molecular weight excluding hydrogens is 382 g/mol. The van der Waals surface area contributed by atoms with Crippen molar-refractivity contribution in [2.75, 3.05) is 12.3 Å². The Morgan fingerprint density at radius 2 is 1.67 bits per heavy atom. The Bertz CT molecular complexity index is 1300. The van der Waals surface area contributed by atoms with Crippen molar-refractivity contribution in [1.82, 2.24) is 15.3 Å². The number of imidazole rings is 1. The number of aromatic amines is 1. The predicted molar refractivity (Wildman–Crippen MR) is 114 cm³/mol. The molecule has 6 rings (SSSR count). The first kappa shape index (κ1) is 17.6. The van der Waals surface area contributed by atoms with Crippen molar-refractivity contribution >= 4 is 16.7 Å². The lowest BCUT2D eigenvalue weighted by atomic mass is 9.98. The van der Waals surface area contributed by atoms with Crippen LogP contribution in [-0.4, -0.2) is 16.5 Å². The standard InChI is InChI=1S/C24H20F2N4/c25-24(26)18-10-13(3-6-16(18)17-7-5-15(27)12-19(17)24)14-4-8-20-22(11-14)30-23(29-20)21-2-1-9-28-21/h3-8,10-12,21,28H,1-2,9,27H2,(H,29,30)/t21-/m1/s1. The zero-order chi connectivity index (χ0) is 20.5. The molecular formula is C24H20F2N4. The monoisotopic (exact) mass is 402 g/mol. The molecule has 150 valence electrons. The molecule has 3 aromatic carbocycles. The molecule has 4 nitrogen and oxygen atoms in total. The molecule has 1 aliphatic carbocycles. The highest BCUT2D eigenvalue weighted by atomic mass is 19.3. The first-order chi connectivity index (χ1) is 14.5. The third kappa shape index (κ3) is 2.50. The van der Waals surface area contributed by atoms with Gasteiger partial charge in [-0.3, -0.25) is 0 Å². The Morgan fingerprint density at radius 1 is 0.933 bits per heavy atom. The number of aromatic nitrogens is 2. The van der Waals surface area contributed by atoms with Crippen LogP contribution in [0.15, 0.2) is 54.6 Å². The van der Waals surface area contributed by atoms with Gasteiger partial charge in [-0.15, -0.1) is 0 Å². The van der Waals surface area contributed by atoms with Crippen LogP contribution in [0.1, 0.15) is 35.8 Å². The summed E-state index contributed by atoms with van der Waals surface area (Å²) in [5.41, 5.74) is 10.7. The van der Waals surface area contributed by atoms with Crippen molar-refractivity contribution in [3.8, 4) is 22.3 Å². The second-order valence-corrected chi connectivity index (χ2v) is 8.14. The van der Waals surface area contributed by atoms with E-state index in [0.717, 1.165) is 47.4 Å². The van der Waals surface area contributed by atoms with Gasteiger partial charge in [-0.05, 0) is 72.0 Å². The predicted octanol–water partition coefficient (Wildman–Crippen LogP) is 5.36. The van der Waals surface area contributed by atoms with Crippen LogP contribution in [0.4, 0.5) is 14.5 Å². The fourth-order valence-electron chi connectivity index (χ4n) is 4.71. The van der Waals surface area contributed by atoms with E-state index >= 15 is 8.78 Å². The van der Waals surface area contributed by atoms with E-state index in [0.29, 0.717) is 16.8 Å². The summed E-state index contributed by atoms with van der Waals surface area (Å²) in [7, 11) is 0. The summed E-state index contributed by atoms with van der Waals surface area (Å²) >= 11 is 0. The molecule has 2 aliphatic rings. The van der Waals surface area contributed by atoms with Crippen LogP contribution in [0.3, 0.4) is 0 Å². The van der Waals surface area contributed by atoms with Gasteiger partial charge in [-0.25, -0.2) is 4.98 Å². The van der Waals surface area contributed by atoms with E-state index in [1.807, 2.05) is 24.3 Å². The molecule has 4 aromatic rings. The third-order valence-corrected chi connectivity index (χ3v) is 6.25. The number of nitrogens with two attached hydrogens (primary N) is 1. The van der Waals surface area contributed by atoms with Gasteiger partial charge in [0.25, 0.3) is 5.92 Å². The van der Waals surface area contributed by atoms with Gasteiger partial charge in [0, 0.05) is 16.8 Å². The molecule has 0 spiro atoms. The zero-order valence-corrected chi connectivity index (χ0v) is 16.2. The number of alkyl halides is 2. The maximum Gasteiger partial charge on any atom is 0.299 e. The summed E-state index contributed by atoms with van der Waals surface area (Å²) < 4.78 is 30.3. The second-order valence-electron chi connectivity index (χ2n) is 8.14. The number of nitrogens with one attached hydrogen (secondary N) is 2. The van der Waals surface area contributed by atoms with Crippen molar-refractivity contribution < 1.29 is 8.78 Å². The van der Waals surface area contributed by atoms with Gasteiger partial charge in [0.05, 0.1) is 17.1 Å². The van der Waals surface area contributed by atoms with Crippen molar-refractivity contribution in [2.45, 2.75) is 24.8 Å². The van der Waals surface area contributed by atoms with Crippen LogP contribution in [0.5, 0.6) is 0 Å². The Kier molecular flexibility index (Phi) is 3.59. The van der Waals surface area contributed by atoms with Crippen molar-refractivity contribution in [3.05, 3.63) is 71.5 Å². The Labute approximate surface area is 172 Å². The number of hydrogen-bond donors (Lipinski definition) is 3. The van der Waals surface area contributed by atoms with E-state index in [1.54, 1.807) is 24.3 Å². The van der Waals surface area contributed by atoms with E-state index in [2.05, 4.69) is 10.3 Å². The largest absolute Gasteiger partial charge is 0.399 e. The maximum atomic E-state index is 15.2. The number of halogens is 2. The topological polar surface area (TPSA) is 66.7 Å². The minimum Gasteiger partial charge on any atom is -0.399 e. The molecule has 6 heteroatoms. The summed E-state index contributed by atoms with van der Waals surface area (Å²) in [5, 5.41) is 3.44. The normalized spacial score (nSPS) is 19.2. The van der Waals surface area contributed by atoms with E-state index in [1.165, 1.54) is 6.07 Å². The zero-order valence-electron chi connectivity index (χ0n) is 16.2. The van der Waals surface area contributed by atoms with Gasteiger partial charge < -0.3 is 16.0 Å². The molecule has 1 saturated heterocycles. The number of H-pyrrole nitrogens is 1. The summed E-state index contributed by atoms with van der Waals surface area (Å²) in [6.07, 6.45) is 2.21. The van der Waals surface area contributed by atoms with Crippen LogP contribution < -0.4 is 11.1 Å². The van der Waals surface area contributed by atoms with Gasteiger partial charge in [0.15, 0.2) is 0 Å². The maximum absolute atomic E-state index is 15.2. The molecule has 0 saturated carbocycles. The molecule has 0 radical (unpaired) electrons. The fourth-order valence-corrected chi connectivity index (χ4v) is 4.71. The van der Waals surface area contributed by atoms with E-state index in [9.17, 15) is 0 Å². The molecule has 0 unspecified atom stereocenters. The SMILES string of the molecule is Nc1ccc2c(c1)C(F)(F)c1cc(-c3ccc4nc([C@H]5CCCN5)[nH]c4c3)ccc1-2. The lowest BCUT2D eigenvalue weighted by Gasteiger charge is -2.13. The van der Waals surface area contributed by atoms with E-state index in [-0.39, 0.29) is 17.2 Å². The molecule has 4 N–H and O–H groups in total. The number of rotatable bonds is 2. The van der Waals surface area contributed by atoms with Crippen molar-refractivity contribution in [2.24, 2.45) is 0 Å². The Hall–Kier alpha value is -3.25. The summed E-state index contributed by atoms with van der Waals surface area (Å²) in [5.74, 6) is -2.12. The molecule has 1 aromatic heterocycles. The fraction of sp³-hybridized carbons (Fsp3) is 0.208. The summed E-state index contributed by atoms with van der Waals surface area (Å²) in [6, 6.07) is 16.1. The quantitative estimate of drug-likeness (QED) is 0.396. The molecule has 0 bridgehead atoms. The first-order valence-electron chi connectivity index (χ1n) is 10.2. The van der Waals surface area contributed by atoms with Gasteiger partial charge in [-0.1, -0.05) is 24.3 Å². The average Bonchev–Trinajstić information content (AvgIpc) is 3.46. The molecule has 1 fully saturated rings. The number of nitrogens with zero attached hydrogens (tertiary/aromatic N) is 1. The summed E-state index contributed by atoms with van der Waals surface area (Å²) in [6.45, 7) is 1.00. The average molecular weight is 402 g/mol. The van der Waals surface area contributed by atoms with Crippen LogP contribution >= 0.6 is 0 Å². The van der Waals surface area contributed by atoms with Crippen molar-refractivity contribution in [1.29, 1.82) is 0 Å². The molecule has 2 heterocycles. The number of hydrogen-bond acceptors (Lipinski definition) is 3. The molecule has 30 heavy (non-hydrogen) atoms. The van der Waals surface area contributed by atoms with Crippen LogP contribution in [0, 0.1) is 0 Å². The van der Waals surface area contributed by atoms with Gasteiger partial charge in [-0.2, -0.15) is 8.78 Å². The van der Waals surface area contributed by atoms with Gasteiger partial charge >= 0.3 is 0 Å².